The third-order valence-electron chi connectivity index (χ3n) is 4.13. The molecule has 3 heterocycles. The third kappa shape index (κ3) is 2.91. The van der Waals surface area contributed by atoms with Gasteiger partial charge in [-0.1, -0.05) is 6.07 Å². The SMILES string of the molecule is O=C(NC1CC(c2ccncc2)NN1)c1cccc2c1OCCO2. The summed E-state index contributed by atoms with van der Waals surface area (Å²) in [6.45, 7) is 0.949. The maximum Gasteiger partial charge on any atom is 0.256 e. The van der Waals surface area contributed by atoms with Crippen LogP contribution in [0.3, 0.4) is 0 Å². The van der Waals surface area contributed by atoms with Crippen LogP contribution < -0.4 is 25.6 Å². The molecule has 0 aliphatic carbocycles. The molecule has 1 aromatic carbocycles. The van der Waals surface area contributed by atoms with Gasteiger partial charge in [-0.25, -0.2) is 10.9 Å². The van der Waals surface area contributed by atoms with Crippen LogP contribution in [0.5, 0.6) is 11.5 Å². The van der Waals surface area contributed by atoms with Crippen LogP contribution in [0.4, 0.5) is 0 Å². The lowest BCUT2D eigenvalue weighted by molar-refractivity contribution is 0.0921. The van der Waals surface area contributed by atoms with Crippen LogP contribution >= 0.6 is 0 Å². The second kappa shape index (κ2) is 6.46. The molecule has 1 fully saturated rings. The summed E-state index contributed by atoms with van der Waals surface area (Å²) in [5.41, 5.74) is 7.92. The number of rotatable bonds is 3. The molecular weight excluding hydrogens is 308 g/mol. The molecular formula is C17H18N4O3. The number of nitrogens with zero attached hydrogens (tertiary/aromatic N) is 1. The lowest BCUT2D eigenvalue weighted by atomic mass is 10.1. The van der Waals surface area contributed by atoms with Gasteiger partial charge in [0.1, 0.15) is 13.2 Å². The normalized spacial score (nSPS) is 22.2. The van der Waals surface area contributed by atoms with Gasteiger partial charge >= 0.3 is 0 Å². The topological polar surface area (TPSA) is 84.5 Å². The molecule has 124 valence electrons. The number of fused-ring (bicyclic) bond motifs is 1. The zero-order valence-corrected chi connectivity index (χ0v) is 13.0. The predicted octanol–water partition coefficient (Wildman–Crippen LogP) is 1.15. The Balaban J connectivity index is 1.44. The Morgan fingerprint density at radius 2 is 1.96 bits per heavy atom. The number of ether oxygens (including phenoxy) is 2. The quantitative estimate of drug-likeness (QED) is 0.785. The number of carbonyl (C=O) groups excluding carboxylic acids is 1. The number of hydrogen-bond acceptors (Lipinski definition) is 6. The van der Waals surface area contributed by atoms with Crippen LogP contribution in [0, 0.1) is 0 Å². The summed E-state index contributed by atoms with van der Waals surface area (Å²) in [7, 11) is 0. The van der Waals surface area contributed by atoms with E-state index in [0.717, 1.165) is 12.0 Å². The Morgan fingerprint density at radius 3 is 2.83 bits per heavy atom. The van der Waals surface area contributed by atoms with Crippen molar-refractivity contribution in [1.82, 2.24) is 21.2 Å². The minimum absolute atomic E-state index is 0.127. The van der Waals surface area contributed by atoms with Gasteiger partial charge in [-0.2, -0.15) is 0 Å². The average molecular weight is 326 g/mol. The highest BCUT2D eigenvalue weighted by Crippen LogP contribution is 2.33. The van der Waals surface area contributed by atoms with Crippen LogP contribution in [0.25, 0.3) is 0 Å². The van der Waals surface area contributed by atoms with Crippen molar-refractivity contribution in [2.75, 3.05) is 13.2 Å². The number of pyridine rings is 1. The number of amides is 1. The van der Waals surface area contributed by atoms with Crippen LogP contribution in [-0.2, 0) is 0 Å². The number of para-hydroxylation sites is 1. The summed E-state index contributed by atoms with van der Waals surface area (Å²) in [5.74, 6) is 0.936. The summed E-state index contributed by atoms with van der Waals surface area (Å²) >= 11 is 0. The molecule has 2 aliphatic heterocycles. The first-order valence-corrected chi connectivity index (χ1v) is 7.92. The van der Waals surface area contributed by atoms with Crippen LogP contribution in [0.2, 0.25) is 0 Å². The van der Waals surface area contributed by atoms with Crippen molar-refractivity contribution in [1.29, 1.82) is 0 Å². The Labute approximate surface area is 139 Å². The minimum atomic E-state index is -0.188. The van der Waals surface area contributed by atoms with Crippen molar-refractivity contribution in [3.63, 3.8) is 0 Å². The average Bonchev–Trinajstić information content (AvgIpc) is 3.10. The van der Waals surface area contributed by atoms with E-state index in [-0.39, 0.29) is 18.1 Å². The van der Waals surface area contributed by atoms with Gasteiger partial charge in [-0.05, 0) is 29.8 Å². The molecule has 1 saturated heterocycles. The van der Waals surface area contributed by atoms with Gasteiger partial charge < -0.3 is 14.8 Å². The second-order valence-electron chi connectivity index (χ2n) is 5.71. The first-order chi connectivity index (χ1) is 11.8. The third-order valence-corrected chi connectivity index (χ3v) is 4.13. The molecule has 24 heavy (non-hydrogen) atoms. The molecule has 2 atom stereocenters. The van der Waals surface area contributed by atoms with E-state index in [2.05, 4.69) is 21.2 Å². The van der Waals surface area contributed by atoms with E-state index in [1.165, 1.54) is 0 Å². The highest BCUT2D eigenvalue weighted by Gasteiger charge is 2.28. The van der Waals surface area contributed by atoms with Crippen molar-refractivity contribution in [3.05, 3.63) is 53.9 Å². The summed E-state index contributed by atoms with van der Waals surface area (Å²) in [6.07, 6.45) is 4.09. The smallest absolute Gasteiger partial charge is 0.256 e. The lowest BCUT2D eigenvalue weighted by Gasteiger charge is -2.21. The summed E-state index contributed by atoms with van der Waals surface area (Å²) in [6, 6.07) is 9.39. The van der Waals surface area contributed by atoms with E-state index < -0.39 is 0 Å². The molecule has 0 radical (unpaired) electrons. The second-order valence-corrected chi connectivity index (χ2v) is 5.71. The Morgan fingerprint density at radius 1 is 1.12 bits per heavy atom. The standard InChI is InChI=1S/C17H18N4O3/c22-17(12-2-1-3-14-16(12)24-9-8-23-14)19-15-10-13(20-21-15)11-4-6-18-7-5-11/h1-7,13,15,20-21H,8-10H2,(H,19,22). The first-order valence-electron chi connectivity index (χ1n) is 7.92. The molecule has 1 amide bonds. The Hall–Kier alpha value is -2.64. The van der Waals surface area contributed by atoms with Gasteiger partial charge in [0.05, 0.1) is 11.7 Å². The number of carbonyl (C=O) groups is 1. The Kier molecular flexibility index (Phi) is 4.02. The fourth-order valence-electron chi connectivity index (χ4n) is 2.95. The van der Waals surface area contributed by atoms with Gasteiger partial charge in [0.2, 0.25) is 0 Å². The Bertz CT molecular complexity index is 738. The van der Waals surface area contributed by atoms with Crippen molar-refractivity contribution in [3.8, 4) is 11.5 Å². The molecule has 0 saturated carbocycles. The van der Waals surface area contributed by atoms with E-state index >= 15 is 0 Å². The number of hydrazine groups is 1. The van der Waals surface area contributed by atoms with Gasteiger partial charge in [-0.15, -0.1) is 0 Å². The summed E-state index contributed by atoms with van der Waals surface area (Å²) in [4.78, 5) is 16.6. The zero-order valence-electron chi connectivity index (χ0n) is 13.0. The highest BCUT2D eigenvalue weighted by atomic mass is 16.6. The molecule has 1 aromatic heterocycles. The molecule has 7 nitrogen and oxygen atoms in total. The number of hydrogen-bond donors (Lipinski definition) is 3. The maximum atomic E-state index is 12.6. The highest BCUT2D eigenvalue weighted by molar-refractivity contribution is 5.98. The first kappa shape index (κ1) is 14.9. The molecule has 4 rings (SSSR count). The van der Waals surface area contributed by atoms with Crippen molar-refractivity contribution >= 4 is 5.91 Å². The predicted molar refractivity (Wildman–Crippen MR) is 86.6 cm³/mol. The zero-order chi connectivity index (χ0) is 16.4. The molecule has 0 bridgehead atoms. The van der Waals surface area contributed by atoms with Crippen LogP contribution in [0.1, 0.15) is 28.4 Å². The molecule has 2 unspecified atom stereocenters. The molecule has 2 aliphatic rings. The van der Waals surface area contributed by atoms with Crippen molar-refractivity contribution in [2.45, 2.75) is 18.6 Å². The number of aromatic nitrogens is 1. The molecule has 0 spiro atoms. The van der Waals surface area contributed by atoms with Gasteiger partial charge in [0.15, 0.2) is 11.5 Å². The van der Waals surface area contributed by atoms with Crippen LogP contribution in [0.15, 0.2) is 42.7 Å². The van der Waals surface area contributed by atoms with E-state index in [9.17, 15) is 4.79 Å². The summed E-state index contributed by atoms with van der Waals surface area (Å²) in [5, 5.41) is 2.98. The van der Waals surface area contributed by atoms with Gasteiger partial charge in [0.25, 0.3) is 5.91 Å². The van der Waals surface area contributed by atoms with E-state index in [0.29, 0.717) is 30.3 Å². The van der Waals surface area contributed by atoms with Crippen LogP contribution in [-0.4, -0.2) is 30.3 Å². The van der Waals surface area contributed by atoms with E-state index in [4.69, 9.17) is 9.47 Å². The molecule has 7 heteroatoms. The fraction of sp³-hybridized carbons (Fsp3) is 0.294. The van der Waals surface area contributed by atoms with Gasteiger partial charge in [0, 0.05) is 24.9 Å². The van der Waals surface area contributed by atoms with Gasteiger partial charge in [-0.3, -0.25) is 9.78 Å². The number of nitrogens with one attached hydrogen (secondary N) is 3. The lowest BCUT2D eigenvalue weighted by Crippen LogP contribution is -2.44. The van der Waals surface area contributed by atoms with Crippen molar-refractivity contribution in [2.24, 2.45) is 0 Å². The number of benzene rings is 1. The monoisotopic (exact) mass is 326 g/mol. The van der Waals surface area contributed by atoms with E-state index in [1.807, 2.05) is 12.1 Å². The minimum Gasteiger partial charge on any atom is -0.486 e. The van der Waals surface area contributed by atoms with E-state index in [1.54, 1.807) is 30.6 Å². The summed E-state index contributed by atoms with van der Waals surface area (Å²) < 4.78 is 11.1. The maximum absolute atomic E-state index is 12.6. The molecule has 3 N–H and O–H groups in total. The van der Waals surface area contributed by atoms with Crippen molar-refractivity contribution < 1.29 is 14.3 Å². The largest absolute Gasteiger partial charge is 0.486 e. The molecule has 2 aromatic rings. The fourth-order valence-corrected chi connectivity index (χ4v) is 2.95.